The van der Waals surface area contributed by atoms with Gasteiger partial charge in [-0.3, -0.25) is 9.59 Å². The monoisotopic (exact) mass is 446 g/mol. The number of anilines is 1. The zero-order chi connectivity index (χ0) is 22.8. The lowest BCUT2D eigenvalue weighted by atomic mass is 10.0. The van der Waals surface area contributed by atoms with Crippen LogP contribution in [-0.2, 0) is 9.59 Å². The van der Waals surface area contributed by atoms with Gasteiger partial charge >= 0.3 is 0 Å². The Labute approximate surface area is 192 Å². The van der Waals surface area contributed by atoms with Gasteiger partial charge in [0.2, 0.25) is 17.7 Å². The maximum Gasteiger partial charge on any atom is 0.233 e. The quantitative estimate of drug-likeness (QED) is 0.598. The number of carbonyl (C=O) groups excluding carboxylic acids is 2. The number of hydrogen-bond donors (Lipinski definition) is 0. The molecular weight excluding hydrogens is 420 g/mol. The van der Waals surface area contributed by atoms with Gasteiger partial charge in [0.1, 0.15) is 6.10 Å². The number of aromatic nitrogens is 4. The molecule has 0 aliphatic carbocycles. The van der Waals surface area contributed by atoms with Crippen molar-refractivity contribution < 1.29 is 14.3 Å². The molecule has 1 aromatic carbocycles. The van der Waals surface area contributed by atoms with Crippen molar-refractivity contribution in [3.8, 4) is 11.7 Å². The van der Waals surface area contributed by atoms with Crippen molar-refractivity contribution in [1.82, 2.24) is 24.9 Å². The molecule has 1 unspecified atom stereocenters. The van der Waals surface area contributed by atoms with Crippen molar-refractivity contribution in [1.29, 1.82) is 0 Å². The van der Waals surface area contributed by atoms with Gasteiger partial charge in [-0.1, -0.05) is 17.7 Å². The Hall–Kier alpha value is -3.75. The van der Waals surface area contributed by atoms with Gasteiger partial charge in [-0.25, -0.2) is 4.68 Å². The number of ether oxygens (including phenoxy) is 1. The smallest absolute Gasteiger partial charge is 0.233 e. The van der Waals surface area contributed by atoms with Crippen molar-refractivity contribution in [3.05, 3.63) is 60.4 Å². The highest BCUT2D eigenvalue weighted by atomic mass is 16.5. The first-order chi connectivity index (χ1) is 16.1. The van der Waals surface area contributed by atoms with E-state index in [1.807, 2.05) is 48.2 Å². The largest absolute Gasteiger partial charge is 0.473 e. The molecule has 2 aromatic heterocycles. The molecule has 1 atom stereocenters. The Morgan fingerprint density at radius 1 is 1.06 bits per heavy atom. The Morgan fingerprint density at radius 2 is 1.85 bits per heavy atom. The Morgan fingerprint density at radius 3 is 2.52 bits per heavy atom. The molecule has 2 aliphatic heterocycles. The Balaban J connectivity index is 1.13. The van der Waals surface area contributed by atoms with Crippen LogP contribution in [0.25, 0.3) is 5.82 Å². The second-order valence-corrected chi connectivity index (χ2v) is 8.56. The molecule has 0 spiro atoms. The summed E-state index contributed by atoms with van der Waals surface area (Å²) in [6.45, 7) is 3.67. The molecule has 0 radical (unpaired) electrons. The van der Waals surface area contributed by atoms with Crippen molar-refractivity contribution in [2.45, 2.75) is 32.3 Å². The Bertz CT molecular complexity index is 1110. The number of likely N-dealkylation sites (tertiary alicyclic amines) is 1. The second-order valence-electron chi connectivity index (χ2n) is 8.56. The summed E-state index contributed by atoms with van der Waals surface area (Å²) in [6.07, 6.45) is 5.17. The first kappa shape index (κ1) is 21.1. The van der Waals surface area contributed by atoms with Crippen molar-refractivity contribution in [3.63, 3.8) is 0 Å². The third kappa shape index (κ3) is 4.57. The van der Waals surface area contributed by atoms with Gasteiger partial charge < -0.3 is 14.5 Å². The molecule has 9 heteroatoms. The second kappa shape index (κ2) is 9.01. The SMILES string of the molecule is Cc1ccc(N2CC(C(=O)N3CCC(Oc4ccc(-n5cccn5)nn4)CC3)CC2=O)cc1. The summed E-state index contributed by atoms with van der Waals surface area (Å²) in [7, 11) is 0. The van der Waals surface area contributed by atoms with Crippen LogP contribution in [0.1, 0.15) is 24.8 Å². The number of aryl methyl sites for hydroxylation is 1. The molecule has 33 heavy (non-hydrogen) atoms. The lowest BCUT2D eigenvalue weighted by Gasteiger charge is -2.33. The first-order valence-electron chi connectivity index (χ1n) is 11.2. The molecule has 2 amide bonds. The standard InChI is InChI=1S/C24H26N6O3/c1-17-3-5-19(6-4-17)29-16-18(15-23(29)31)24(32)28-13-9-20(10-14-28)33-22-8-7-21(26-27-22)30-12-2-11-25-30/h2-8,11-12,18,20H,9-10,13-16H2,1H3. The molecule has 2 saturated heterocycles. The minimum absolute atomic E-state index is 0.00700. The van der Waals surface area contributed by atoms with E-state index in [9.17, 15) is 9.59 Å². The van der Waals surface area contributed by atoms with E-state index in [1.54, 1.807) is 28.0 Å². The van der Waals surface area contributed by atoms with Crippen LogP contribution >= 0.6 is 0 Å². The summed E-state index contributed by atoms with van der Waals surface area (Å²) in [4.78, 5) is 29.2. The lowest BCUT2D eigenvalue weighted by molar-refractivity contribution is -0.137. The van der Waals surface area contributed by atoms with Crippen molar-refractivity contribution in [2.24, 2.45) is 5.92 Å². The Kier molecular flexibility index (Phi) is 5.77. The molecule has 5 rings (SSSR count). The topological polar surface area (TPSA) is 93.4 Å². The zero-order valence-corrected chi connectivity index (χ0v) is 18.5. The number of hydrogen-bond acceptors (Lipinski definition) is 6. The van der Waals surface area contributed by atoms with E-state index in [-0.39, 0.29) is 30.3 Å². The van der Waals surface area contributed by atoms with Crippen LogP contribution in [0.5, 0.6) is 5.88 Å². The molecular formula is C24H26N6O3. The number of carbonyl (C=O) groups is 2. The molecule has 4 heterocycles. The van der Waals surface area contributed by atoms with Crippen LogP contribution < -0.4 is 9.64 Å². The third-order valence-electron chi connectivity index (χ3n) is 6.23. The van der Waals surface area contributed by atoms with Gasteiger partial charge in [0.25, 0.3) is 0 Å². The van der Waals surface area contributed by atoms with Crippen LogP contribution in [-0.4, -0.2) is 62.4 Å². The molecule has 0 saturated carbocycles. The van der Waals surface area contributed by atoms with Crippen LogP contribution in [0.4, 0.5) is 5.69 Å². The van der Waals surface area contributed by atoms with E-state index in [1.165, 1.54) is 0 Å². The summed E-state index contributed by atoms with van der Waals surface area (Å²) in [5.74, 6) is 0.855. The molecule has 2 fully saturated rings. The summed E-state index contributed by atoms with van der Waals surface area (Å²) in [6, 6.07) is 13.3. The zero-order valence-electron chi connectivity index (χ0n) is 18.5. The maximum absolute atomic E-state index is 13.1. The van der Waals surface area contributed by atoms with Crippen LogP contribution in [0.2, 0.25) is 0 Å². The minimum atomic E-state index is -0.294. The van der Waals surface area contributed by atoms with Gasteiger partial charge in [0.15, 0.2) is 5.82 Å². The van der Waals surface area contributed by atoms with E-state index in [4.69, 9.17) is 4.74 Å². The van der Waals surface area contributed by atoms with E-state index in [0.29, 0.717) is 31.3 Å². The van der Waals surface area contributed by atoms with Gasteiger partial charge in [0.05, 0.1) is 5.92 Å². The van der Waals surface area contributed by atoms with E-state index in [0.717, 1.165) is 24.1 Å². The fraction of sp³-hybridized carbons (Fsp3) is 0.375. The maximum atomic E-state index is 13.1. The van der Waals surface area contributed by atoms with Crippen molar-refractivity contribution in [2.75, 3.05) is 24.5 Å². The number of rotatable bonds is 5. The highest BCUT2D eigenvalue weighted by Gasteiger charge is 2.38. The van der Waals surface area contributed by atoms with Gasteiger partial charge in [-0.2, -0.15) is 5.10 Å². The number of amides is 2. The number of benzene rings is 1. The van der Waals surface area contributed by atoms with Crippen LogP contribution in [0.15, 0.2) is 54.9 Å². The van der Waals surface area contributed by atoms with Crippen molar-refractivity contribution >= 4 is 17.5 Å². The summed E-state index contributed by atoms with van der Waals surface area (Å²) < 4.78 is 7.61. The predicted molar refractivity (Wildman–Crippen MR) is 121 cm³/mol. The number of nitrogens with zero attached hydrogens (tertiary/aromatic N) is 6. The van der Waals surface area contributed by atoms with Gasteiger partial charge in [-0.05, 0) is 31.2 Å². The fourth-order valence-electron chi connectivity index (χ4n) is 4.37. The van der Waals surface area contributed by atoms with Gasteiger partial charge in [-0.15, -0.1) is 10.2 Å². The number of piperidine rings is 1. The van der Waals surface area contributed by atoms with E-state index < -0.39 is 0 Å². The molecule has 0 N–H and O–H groups in total. The molecule has 3 aromatic rings. The fourth-order valence-corrected chi connectivity index (χ4v) is 4.37. The predicted octanol–water partition coefficient (Wildman–Crippen LogP) is 2.39. The highest BCUT2D eigenvalue weighted by molar-refractivity contribution is 6.00. The average Bonchev–Trinajstić information content (AvgIpc) is 3.51. The van der Waals surface area contributed by atoms with E-state index >= 15 is 0 Å². The summed E-state index contributed by atoms with van der Waals surface area (Å²) >= 11 is 0. The summed E-state index contributed by atoms with van der Waals surface area (Å²) in [5.41, 5.74) is 2.00. The molecule has 0 bridgehead atoms. The van der Waals surface area contributed by atoms with Crippen LogP contribution in [0, 0.1) is 12.8 Å². The third-order valence-corrected chi connectivity index (χ3v) is 6.23. The average molecular weight is 447 g/mol. The highest BCUT2D eigenvalue weighted by Crippen LogP contribution is 2.28. The lowest BCUT2D eigenvalue weighted by Crippen LogP contribution is -2.45. The minimum Gasteiger partial charge on any atom is -0.473 e. The van der Waals surface area contributed by atoms with Crippen LogP contribution in [0.3, 0.4) is 0 Å². The van der Waals surface area contributed by atoms with E-state index in [2.05, 4.69) is 15.3 Å². The summed E-state index contributed by atoms with van der Waals surface area (Å²) in [5, 5.41) is 12.4. The molecule has 2 aliphatic rings. The first-order valence-corrected chi connectivity index (χ1v) is 11.2. The molecule has 170 valence electrons. The van der Waals surface area contributed by atoms with Gasteiger partial charge in [0, 0.05) is 63.0 Å². The normalized spacial score (nSPS) is 19.2. The molecule has 9 nitrogen and oxygen atoms in total.